The Hall–Kier alpha value is -2.97. The second-order valence-corrected chi connectivity index (χ2v) is 7.09. The van der Waals surface area contributed by atoms with Crippen molar-refractivity contribution in [1.29, 1.82) is 0 Å². The molecule has 28 heavy (non-hydrogen) atoms. The number of nitrogens with one attached hydrogen (secondary N) is 1. The van der Waals surface area contributed by atoms with Gasteiger partial charge in [-0.25, -0.2) is 17.1 Å². The number of carbonyl (C=O) groups excluding carboxylic acids is 1. The Labute approximate surface area is 167 Å². The van der Waals surface area contributed by atoms with Crippen molar-refractivity contribution in [2.24, 2.45) is 0 Å². The number of amides is 1. The summed E-state index contributed by atoms with van der Waals surface area (Å²) in [5.74, 6) is -0.942. The van der Waals surface area contributed by atoms with Gasteiger partial charge in [0.2, 0.25) is 16.8 Å². The molecule has 3 rings (SSSR count). The Kier molecular flexibility index (Phi) is 5.91. The van der Waals surface area contributed by atoms with Crippen LogP contribution in [0.1, 0.15) is 6.92 Å². The summed E-state index contributed by atoms with van der Waals surface area (Å²) >= 11 is 6.22. The molecule has 0 aliphatic heterocycles. The Morgan fingerprint density at radius 1 is 1.07 bits per heavy atom. The largest absolute Gasteiger partial charge is 0.325 e. The second kappa shape index (κ2) is 8.37. The third kappa shape index (κ3) is 4.29. The van der Waals surface area contributed by atoms with Crippen LogP contribution in [0.3, 0.4) is 0 Å². The van der Waals surface area contributed by atoms with E-state index in [1.165, 1.54) is 49.5 Å². The predicted molar refractivity (Wildman–Crippen MR) is 108 cm³/mol. The molecule has 3 aromatic rings. The van der Waals surface area contributed by atoms with Crippen LogP contribution < -0.4 is 9.62 Å². The molecule has 1 aromatic heterocycles. The Balaban J connectivity index is 2.11. The first-order valence-corrected chi connectivity index (χ1v) is 9.59. The number of rotatable bonds is 5. The number of halogens is 2. The van der Waals surface area contributed by atoms with Gasteiger partial charge in [0.1, 0.15) is 5.82 Å². The zero-order valence-corrected chi connectivity index (χ0v) is 16.2. The summed E-state index contributed by atoms with van der Waals surface area (Å²) in [7, 11) is -3.21. The molecule has 2 aromatic carbocycles. The highest BCUT2D eigenvalue weighted by Crippen LogP contribution is 2.37. The molecule has 1 N–H and O–H groups in total. The van der Waals surface area contributed by atoms with Gasteiger partial charge in [-0.1, -0.05) is 29.8 Å². The molecular weight excluding hydrogens is 405 g/mol. The number of para-hydroxylation sites is 1. The van der Waals surface area contributed by atoms with Gasteiger partial charge in [-0.3, -0.25) is 9.78 Å². The topological polar surface area (TPSA) is 79.4 Å². The standard InChI is InChI=1S/C19H15ClFN3O3S/c1-12(25)23-15-8-14(10-22-11-15)13-6-7-16(20)19(9-13)24(28(26)27)18-5-3-2-4-17(18)21/h2-11,28H,1H3,(H,23,25). The van der Waals surface area contributed by atoms with E-state index in [0.717, 1.165) is 4.31 Å². The van der Waals surface area contributed by atoms with Crippen LogP contribution >= 0.6 is 11.6 Å². The molecule has 6 nitrogen and oxygen atoms in total. The molecule has 0 fully saturated rings. The number of anilines is 3. The van der Waals surface area contributed by atoms with Gasteiger partial charge in [-0.2, -0.15) is 0 Å². The Morgan fingerprint density at radius 2 is 1.82 bits per heavy atom. The molecule has 0 atom stereocenters. The molecule has 9 heteroatoms. The van der Waals surface area contributed by atoms with E-state index in [0.29, 0.717) is 16.8 Å². The highest BCUT2D eigenvalue weighted by molar-refractivity contribution is 7.74. The summed E-state index contributed by atoms with van der Waals surface area (Å²) in [5, 5.41) is 2.77. The first-order valence-electron chi connectivity index (χ1n) is 8.08. The van der Waals surface area contributed by atoms with Crippen molar-refractivity contribution in [2.45, 2.75) is 6.92 Å². The lowest BCUT2D eigenvalue weighted by Crippen LogP contribution is -2.16. The molecule has 144 valence electrons. The molecule has 1 amide bonds. The van der Waals surface area contributed by atoms with Crippen LogP contribution in [0, 0.1) is 5.82 Å². The van der Waals surface area contributed by atoms with Gasteiger partial charge in [0.05, 0.1) is 28.3 Å². The second-order valence-electron chi connectivity index (χ2n) is 5.81. The first-order chi connectivity index (χ1) is 13.4. The van der Waals surface area contributed by atoms with Gasteiger partial charge < -0.3 is 5.32 Å². The Bertz CT molecular complexity index is 1110. The first kappa shape index (κ1) is 19.8. The molecule has 0 spiro atoms. The third-order valence-corrected chi connectivity index (χ3v) is 4.89. The summed E-state index contributed by atoms with van der Waals surface area (Å²) in [5.41, 5.74) is 1.67. The van der Waals surface area contributed by atoms with Gasteiger partial charge in [0.15, 0.2) is 0 Å². The van der Waals surface area contributed by atoms with Gasteiger partial charge >= 0.3 is 0 Å². The van der Waals surface area contributed by atoms with Crippen molar-refractivity contribution in [2.75, 3.05) is 9.62 Å². The number of nitrogens with zero attached hydrogens (tertiary/aromatic N) is 2. The van der Waals surface area contributed by atoms with Crippen LogP contribution in [0.4, 0.5) is 21.5 Å². The van der Waals surface area contributed by atoms with E-state index in [1.54, 1.807) is 18.3 Å². The van der Waals surface area contributed by atoms with Gasteiger partial charge in [-0.15, -0.1) is 0 Å². The molecule has 0 aliphatic carbocycles. The quantitative estimate of drug-likeness (QED) is 0.608. The molecule has 0 saturated carbocycles. The molecule has 0 radical (unpaired) electrons. The zero-order chi connectivity index (χ0) is 20.3. The SMILES string of the molecule is CC(=O)Nc1cncc(-c2ccc(Cl)c(N(c3ccccc3F)[SH](=O)=O)c2)c1. The van der Waals surface area contributed by atoms with Crippen molar-refractivity contribution in [3.63, 3.8) is 0 Å². The van der Waals surface area contributed by atoms with E-state index < -0.39 is 16.7 Å². The average Bonchev–Trinajstić information content (AvgIpc) is 2.64. The fourth-order valence-electron chi connectivity index (χ4n) is 2.65. The summed E-state index contributed by atoms with van der Waals surface area (Å²) in [4.78, 5) is 15.3. The van der Waals surface area contributed by atoms with Crippen molar-refractivity contribution in [1.82, 2.24) is 4.98 Å². The third-order valence-electron chi connectivity index (χ3n) is 3.81. The monoisotopic (exact) mass is 419 g/mol. The highest BCUT2D eigenvalue weighted by Gasteiger charge is 2.19. The summed E-state index contributed by atoms with van der Waals surface area (Å²) in [6.07, 6.45) is 3.05. The van der Waals surface area contributed by atoms with Crippen molar-refractivity contribution in [3.05, 3.63) is 71.8 Å². The zero-order valence-electron chi connectivity index (χ0n) is 14.6. The maximum absolute atomic E-state index is 14.2. The fraction of sp³-hybridized carbons (Fsp3) is 0.0526. The highest BCUT2D eigenvalue weighted by atomic mass is 35.5. The lowest BCUT2D eigenvalue weighted by molar-refractivity contribution is -0.114. The van der Waals surface area contributed by atoms with Crippen LogP contribution in [0.25, 0.3) is 11.1 Å². The van der Waals surface area contributed by atoms with E-state index in [1.807, 2.05) is 0 Å². The minimum absolute atomic E-state index is 0.102. The van der Waals surface area contributed by atoms with E-state index in [4.69, 9.17) is 11.6 Å². The van der Waals surface area contributed by atoms with Crippen LogP contribution in [0.15, 0.2) is 60.9 Å². The van der Waals surface area contributed by atoms with Crippen LogP contribution in [0.5, 0.6) is 0 Å². The Morgan fingerprint density at radius 3 is 2.50 bits per heavy atom. The number of hydrogen-bond acceptors (Lipinski definition) is 4. The van der Waals surface area contributed by atoms with Gasteiger partial charge in [0, 0.05) is 18.7 Å². The number of carbonyl (C=O) groups is 1. The van der Waals surface area contributed by atoms with E-state index in [9.17, 15) is 17.6 Å². The van der Waals surface area contributed by atoms with Crippen LogP contribution in [0.2, 0.25) is 5.02 Å². The smallest absolute Gasteiger partial charge is 0.229 e. The van der Waals surface area contributed by atoms with E-state index in [2.05, 4.69) is 10.3 Å². The lowest BCUT2D eigenvalue weighted by atomic mass is 10.1. The summed E-state index contributed by atoms with van der Waals surface area (Å²) < 4.78 is 38.8. The van der Waals surface area contributed by atoms with E-state index in [-0.39, 0.29) is 22.3 Å². The normalized spacial score (nSPS) is 10.7. The van der Waals surface area contributed by atoms with Crippen LogP contribution in [-0.2, 0) is 15.7 Å². The molecule has 0 bridgehead atoms. The molecular formula is C19H15ClFN3O3S. The molecule has 0 saturated heterocycles. The van der Waals surface area contributed by atoms with Crippen molar-refractivity contribution < 1.29 is 17.6 Å². The van der Waals surface area contributed by atoms with Crippen LogP contribution in [-0.4, -0.2) is 19.3 Å². The summed E-state index contributed by atoms with van der Waals surface area (Å²) in [6, 6.07) is 11.9. The minimum atomic E-state index is -3.21. The molecule has 0 unspecified atom stereocenters. The molecule has 0 aliphatic rings. The number of thiol groups is 1. The maximum Gasteiger partial charge on any atom is 0.229 e. The number of benzene rings is 2. The van der Waals surface area contributed by atoms with Crippen molar-refractivity contribution in [3.8, 4) is 11.1 Å². The predicted octanol–water partition coefficient (Wildman–Crippen LogP) is 4.16. The van der Waals surface area contributed by atoms with Gasteiger partial charge in [0.25, 0.3) is 0 Å². The number of aromatic nitrogens is 1. The number of hydrogen-bond donors (Lipinski definition) is 2. The van der Waals surface area contributed by atoms with E-state index >= 15 is 0 Å². The molecule has 1 heterocycles. The minimum Gasteiger partial charge on any atom is -0.325 e. The van der Waals surface area contributed by atoms with Gasteiger partial charge in [-0.05, 0) is 35.9 Å². The average molecular weight is 420 g/mol. The lowest BCUT2D eigenvalue weighted by Gasteiger charge is -2.20. The summed E-state index contributed by atoms with van der Waals surface area (Å²) in [6.45, 7) is 1.38. The number of pyridine rings is 1. The maximum atomic E-state index is 14.2. The fourth-order valence-corrected chi connectivity index (χ4v) is 3.59. The van der Waals surface area contributed by atoms with Crippen molar-refractivity contribution >= 4 is 45.5 Å².